The molecule has 1 fully saturated rings. The number of rotatable bonds is 6. The highest BCUT2D eigenvalue weighted by molar-refractivity contribution is 5.96. The van der Waals surface area contributed by atoms with Gasteiger partial charge < -0.3 is 35.2 Å². The van der Waals surface area contributed by atoms with E-state index in [-0.39, 0.29) is 17.9 Å². The zero-order valence-corrected chi connectivity index (χ0v) is 16.6. The number of alkyl halides is 3. The second-order valence-electron chi connectivity index (χ2n) is 7.19. The van der Waals surface area contributed by atoms with Crippen molar-refractivity contribution < 1.29 is 47.9 Å². The lowest BCUT2D eigenvalue weighted by Crippen LogP contribution is -2.60. The summed E-state index contributed by atoms with van der Waals surface area (Å²) in [6.07, 6.45) is -12.0. The van der Waals surface area contributed by atoms with E-state index in [0.29, 0.717) is 5.56 Å². The van der Waals surface area contributed by atoms with E-state index >= 15 is 0 Å². The molecule has 0 radical (unpaired) electrons. The Kier molecular flexibility index (Phi) is 7.36. The Hall–Kier alpha value is -2.70. The standard InChI is InChI=1S/C21H22F3NO7/c22-21(23,24)12-7-5-11(6-8-12)9-25-19(30)13-3-1-2-4-14(13)31-20-18(29)17(28)16(27)15(10-26)32-20/h1-8,15-18,20,26-29H,9-10H2,(H,25,30)/t15-,16-,17+,18-,20-/m1/s1. The van der Waals surface area contributed by atoms with Crippen LogP contribution >= 0.6 is 0 Å². The van der Waals surface area contributed by atoms with E-state index in [9.17, 15) is 38.4 Å². The molecule has 2 aromatic carbocycles. The fourth-order valence-electron chi connectivity index (χ4n) is 3.14. The topological polar surface area (TPSA) is 128 Å². The number of halogens is 3. The lowest BCUT2D eigenvalue weighted by molar-refractivity contribution is -0.277. The third-order valence-electron chi connectivity index (χ3n) is 4.96. The first-order chi connectivity index (χ1) is 15.1. The SMILES string of the molecule is O=C(NCc1ccc(C(F)(F)F)cc1)c1ccccc1O[C@@H]1O[C@H](CO)[C@@H](O)[C@H](O)[C@H]1O. The summed E-state index contributed by atoms with van der Waals surface area (Å²) in [5.41, 5.74) is -0.319. The van der Waals surface area contributed by atoms with Crippen LogP contribution in [0.4, 0.5) is 13.2 Å². The van der Waals surface area contributed by atoms with Crippen molar-refractivity contribution in [1.29, 1.82) is 0 Å². The number of nitrogens with one attached hydrogen (secondary N) is 1. The van der Waals surface area contributed by atoms with E-state index in [1.165, 1.54) is 24.3 Å². The summed E-state index contributed by atoms with van der Waals surface area (Å²) in [6.45, 7) is -0.689. The van der Waals surface area contributed by atoms with Crippen LogP contribution in [0.2, 0.25) is 0 Å². The van der Waals surface area contributed by atoms with Crippen LogP contribution < -0.4 is 10.1 Å². The third-order valence-corrected chi connectivity index (χ3v) is 4.96. The van der Waals surface area contributed by atoms with Gasteiger partial charge in [0, 0.05) is 6.54 Å². The number of ether oxygens (including phenoxy) is 2. The van der Waals surface area contributed by atoms with Crippen molar-refractivity contribution in [1.82, 2.24) is 5.32 Å². The fourth-order valence-corrected chi connectivity index (χ4v) is 3.14. The molecule has 3 rings (SSSR count). The van der Waals surface area contributed by atoms with Crippen LogP contribution in [0.25, 0.3) is 0 Å². The van der Waals surface area contributed by atoms with Crippen molar-refractivity contribution in [2.45, 2.75) is 43.4 Å². The zero-order valence-electron chi connectivity index (χ0n) is 16.6. The van der Waals surface area contributed by atoms with E-state index in [4.69, 9.17) is 9.47 Å². The first-order valence-electron chi connectivity index (χ1n) is 9.62. The summed E-state index contributed by atoms with van der Waals surface area (Å²) in [7, 11) is 0. The minimum atomic E-state index is -4.46. The normalized spacial score (nSPS) is 25.9. The van der Waals surface area contributed by atoms with E-state index in [0.717, 1.165) is 12.1 Å². The molecule has 1 amide bonds. The maximum atomic E-state index is 12.7. The Bertz CT molecular complexity index is 920. The largest absolute Gasteiger partial charge is 0.461 e. The predicted octanol–water partition coefficient (Wildman–Crippen LogP) is 0.814. The van der Waals surface area contributed by atoms with Crippen molar-refractivity contribution in [3.63, 3.8) is 0 Å². The molecule has 1 aliphatic rings. The molecule has 8 nitrogen and oxygen atoms in total. The maximum Gasteiger partial charge on any atom is 0.416 e. The van der Waals surface area contributed by atoms with Gasteiger partial charge in [-0.2, -0.15) is 13.2 Å². The number of aliphatic hydroxyl groups excluding tert-OH is 4. The molecule has 1 heterocycles. The third kappa shape index (κ3) is 5.37. The number of amides is 1. The van der Waals surface area contributed by atoms with Crippen molar-refractivity contribution in [2.75, 3.05) is 6.61 Å². The number of carbonyl (C=O) groups excluding carboxylic acids is 1. The van der Waals surface area contributed by atoms with Crippen LogP contribution in [0, 0.1) is 0 Å². The molecule has 32 heavy (non-hydrogen) atoms. The number of benzene rings is 2. The fraction of sp³-hybridized carbons (Fsp3) is 0.381. The summed E-state index contributed by atoms with van der Waals surface area (Å²) in [4.78, 5) is 12.6. The Morgan fingerprint density at radius 2 is 1.66 bits per heavy atom. The molecule has 0 spiro atoms. The Balaban J connectivity index is 1.68. The van der Waals surface area contributed by atoms with Gasteiger partial charge in [0.15, 0.2) is 0 Å². The average Bonchev–Trinajstić information content (AvgIpc) is 2.78. The molecular formula is C21H22F3NO7. The lowest BCUT2D eigenvalue weighted by Gasteiger charge is -2.39. The van der Waals surface area contributed by atoms with Crippen molar-refractivity contribution in [2.24, 2.45) is 0 Å². The van der Waals surface area contributed by atoms with Gasteiger partial charge >= 0.3 is 6.18 Å². The van der Waals surface area contributed by atoms with Gasteiger partial charge in [-0.3, -0.25) is 4.79 Å². The summed E-state index contributed by atoms with van der Waals surface area (Å²) >= 11 is 0. The molecule has 5 N–H and O–H groups in total. The monoisotopic (exact) mass is 457 g/mol. The van der Waals surface area contributed by atoms with Crippen LogP contribution in [-0.4, -0.2) is 63.6 Å². The van der Waals surface area contributed by atoms with Gasteiger partial charge in [0.05, 0.1) is 17.7 Å². The van der Waals surface area contributed by atoms with Gasteiger partial charge in [-0.15, -0.1) is 0 Å². The number of carbonyl (C=O) groups is 1. The van der Waals surface area contributed by atoms with E-state index in [1.54, 1.807) is 12.1 Å². The average molecular weight is 457 g/mol. The summed E-state index contributed by atoms with van der Waals surface area (Å²) in [6, 6.07) is 10.3. The van der Waals surface area contributed by atoms with Gasteiger partial charge in [-0.05, 0) is 29.8 Å². The molecule has 0 unspecified atom stereocenters. The Morgan fingerprint density at radius 1 is 1.00 bits per heavy atom. The first kappa shape index (κ1) is 24.0. The molecule has 174 valence electrons. The van der Waals surface area contributed by atoms with Gasteiger partial charge in [-0.1, -0.05) is 24.3 Å². The van der Waals surface area contributed by atoms with Crippen molar-refractivity contribution in [3.05, 3.63) is 65.2 Å². The number of para-hydroxylation sites is 1. The first-order valence-corrected chi connectivity index (χ1v) is 9.62. The van der Waals surface area contributed by atoms with Gasteiger partial charge in [0.25, 0.3) is 5.91 Å². The molecule has 11 heteroatoms. The van der Waals surface area contributed by atoms with E-state index in [1.807, 2.05) is 0 Å². The highest BCUT2D eigenvalue weighted by Crippen LogP contribution is 2.29. The molecule has 0 aromatic heterocycles. The number of aliphatic hydroxyl groups is 4. The van der Waals surface area contributed by atoms with Crippen LogP contribution in [-0.2, 0) is 17.5 Å². The van der Waals surface area contributed by atoms with Crippen LogP contribution in [0.3, 0.4) is 0 Å². The molecule has 0 aliphatic carbocycles. The van der Waals surface area contributed by atoms with E-state index < -0.39 is 55.0 Å². The predicted molar refractivity (Wildman–Crippen MR) is 103 cm³/mol. The highest BCUT2D eigenvalue weighted by Gasteiger charge is 2.45. The maximum absolute atomic E-state index is 12.7. The van der Waals surface area contributed by atoms with Crippen LogP contribution in [0.1, 0.15) is 21.5 Å². The van der Waals surface area contributed by atoms with Gasteiger partial charge in [-0.25, -0.2) is 0 Å². The number of hydrogen-bond acceptors (Lipinski definition) is 7. The second kappa shape index (κ2) is 9.84. The molecule has 5 atom stereocenters. The van der Waals surface area contributed by atoms with Crippen LogP contribution in [0.5, 0.6) is 5.75 Å². The quantitative estimate of drug-likeness (QED) is 0.434. The van der Waals surface area contributed by atoms with Crippen molar-refractivity contribution in [3.8, 4) is 5.75 Å². The number of hydrogen-bond donors (Lipinski definition) is 5. The second-order valence-corrected chi connectivity index (χ2v) is 7.19. The Labute approximate surface area is 180 Å². The van der Waals surface area contributed by atoms with E-state index in [2.05, 4.69) is 5.32 Å². The summed E-state index contributed by atoms with van der Waals surface area (Å²) < 4.78 is 48.8. The van der Waals surface area contributed by atoms with Crippen molar-refractivity contribution >= 4 is 5.91 Å². The molecule has 0 bridgehead atoms. The van der Waals surface area contributed by atoms with Gasteiger partial charge in [0.2, 0.25) is 6.29 Å². The Morgan fingerprint density at radius 3 is 2.28 bits per heavy atom. The summed E-state index contributed by atoms with van der Waals surface area (Å²) in [5, 5.41) is 41.7. The zero-order chi connectivity index (χ0) is 23.5. The minimum Gasteiger partial charge on any atom is -0.461 e. The molecule has 2 aromatic rings. The minimum absolute atomic E-state index is 0.0123. The smallest absolute Gasteiger partial charge is 0.416 e. The highest BCUT2D eigenvalue weighted by atomic mass is 19.4. The van der Waals surface area contributed by atoms with Crippen LogP contribution in [0.15, 0.2) is 48.5 Å². The van der Waals surface area contributed by atoms with Gasteiger partial charge in [0.1, 0.15) is 30.2 Å². The molecule has 1 aliphatic heterocycles. The summed E-state index contributed by atoms with van der Waals surface area (Å²) in [5.74, 6) is -0.619. The molecule has 1 saturated heterocycles. The lowest BCUT2D eigenvalue weighted by atomic mass is 9.99. The molecule has 0 saturated carbocycles. The molecular weight excluding hydrogens is 435 g/mol.